The van der Waals surface area contributed by atoms with Crippen LogP contribution in [-0.2, 0) is 6.54 Å². The Bertz CT molecular complexity index is 460. The molecule has 0 spiro atoms. The van der Waals surface area contributed by atoms with Crippen molar-refractivity contribution in [3.63, 3.8) is 0 Å². The molecule has 0 atom stereocenters. The first-order valence-corrected chi connectivity index (χ1v) is 6.27. The fraction of sp³-hybridized carbons (Fsp3) is 0.538. The maximum Gasteiger partial charge on any atom is 0.293 e. The Morgan fingerprint density at radius 3 is 2.58 bits per heavy atom. The van der Waals surface area contributed by atoms with Crippen LogP contribution in [0.5, 0.6) is 0 Å². The molecule has 19 heavy (non-hydrogen) atoms. The van der Waals surface area contributed by atoms with E-state index in [4.69, 9.17) is 5.84 Å². The van der Waals surface area contributed by atoms with Crippen molar-refractivity contribution in [2.24, 2.45) is 5.84 Å². The highest BCUT2D eigenvalue weighted by molar-refractivity contribution is 5.65. The molecule has 0 unspecified atom stereocenters. The number of nitro groups is 1. The highest BCUT2D eigenvalue weighted by atomic mass is 16.6. The van der Waals surface area contributed by atoms with E-state index in [1.54, 1.807) is 6.07 Å². The topological polar surface area (TPSA) is 84.4 Å². The summed E-state index contributed by atoms with van der Waals surface area (Å²) in [6.45, 7) is 6.99. The largest absolute Gasteiger partial charge is 0.318 e. The van der Waals surface area contributed by atoms with E-state index in [9.17, 15) is 10.1 Å². The van der Waals surface area contributed by atoms with E-state index in [-0.39, 0.29) is 11.2 Å². The molecular weight excluding hydrogens is 244 g/mol. The number of anilines is 1. The minimum Gasteiger partial charge on any atom is -0.318 e. The number of nitro benzene ring substituents is 1. The molecular formula is C13H22N4O2. The van der Waals surface area contributed by atoms with Gasteiger partial charge in [-0.2, -0.15) is 0 Å². The Morgan fingerprint density at radius 2 is 2.11 bits per heavy atom. The van der Waals surface area contributed by atoms with Crippen LogP contribution in [0.2, 0.25) is 0 Å². The van der Waals surface area contributed by atoms with Crippen LogP contribution in [0.25, 0.3) is 0 Å². The lowest BCUT2D eigenvalue weighted by Crippen LogP contribution is -2.40. The predicted octanol–water partition coefficient (Wildman–Crippen LogP) is 2.50. The molecule has 6 nitrogen and oxygen atoms in total. The van der Waals surface area contributed by atoms with Gasteiger partial charge in [0.1, 0.15) is 5.69 Å². The highest BCUT2D eigenvalue weighted by Crippen LogP contribution is 2.29. The second kappa shape index (κ2) is 5.99. The third-order valence-electron chi connectivity index (χ3n) is 3.78. The minimum atomic E-state index is -0.427. The van der Waals surface area contributed by atoms with E-state index in [1.165, 1.54) is 6.07 Å². The van der Waals surface area contributed by atoms with Crippen molar-refractivity contribution in [3.05, 3.63) is 33.9 Å². The van der Waals surface area contributed by atoms with Gasteiger partial charge in [0.2, 0.25) is 0 Å². The molecule has 0 aliphatic heterocycles. The normalized spacial score (nSPS) is 11.7. The number of nitrogens with zero attached hydrogens (tertiary/aromatic N) is 2. The van der Waals surface area contributed by atoms with E-state index in [0.29, 0.717) is 12.2 Å². The summed E-state index contributed by atoms with van der Waals surface area (Å²) in [5, 5.41) is 11.0. The molecule has 0 radical (unpaired) electrons. The zero-order valence-electron chi connectivity index (χ0n) is 11.9. The summed E-state index contributed by atoms with van der Waals surface area (Å²) in [4.78, 5) is 12.7. The SMILES string of the molecule is CCC(C)(C)N(C)Cc1cccc([N+](=O)[O-])c1NN. The van der Waals surface area contributed by atoms with Gasteiger partial charge in [-0.05, 0) is 32.9 Å². The Balaban J connectivity index is 3.08. The number of hydrogen-bond donors (Lipinski definition) is 2. The van der Waals surface area contributed by atoms with Crippen LogP contribution in [0.1, 0.15) is 32.8 Å². The van der Waals surface area contributed by atoms with Crippen LogP contribution >= 0.6 is 0 Å². The second-order valence-electron chi connectivity index (χ2n) is 5.23. The molecule has 0 saturated heterocycles. The van der Waals surface area contributed by atoms with Gasteiger partial charge in [0, 0.05) is 18.2 Å². The van der Waals surface area contributed by atoms with Gasteiger partial charge in [-0.25, -0.2) is 0 Å². The molecule has 0 amide bonds. The summed E-state index contributed by atoms with van der Waals surface area (Å²) in [6.07, 6.45) is 0.990. The Morgan fingerprint density at radius 1 is 1.47 bits per heavy atom. The number of benzene rings is 1. The van der Waals surface area contributed by atoms with Crippen LogP contribution in [0.3, 0.4) is 0 Å². The van der Waals surface area contributed by atoms with Crippen LogP contribution in [-0.4, -0.2) is 22.4 Å². The van der Waals surface area contributed by atoms with Gasteiger partial charge in [-0.3, -0.25) is 20.9 Å². The molecule has 1 rings (SSSR count). The maximum absolute atomic E-state index is 11.0. The summed E-state index contributed by atoms with van der Waals surface area (Å²) in [6, 6.07) is 4.98. The average molecular weight is 266 g/mol. The van der Waals surface area contributed by atoms with E-state index >= 15 is 0 Å². The maximum atomic E-state index is 11.0. The number of nitrogens with one attached hydrogen (secondary N) is 1. The molecule has 0 fully saturated rings. The number of para-hydroxylation sites is 1. The Kier molecular flexibility index (Phi) is 4.85. The fourth-order valence-electron chi connectivity index (χ4n) is 1.78. The molecule has 0 saturated carbocycles. The summed E-state index contributed by atoms with van der Waals surface area (Å²) in [5.74, 6) is 5.43. The van der Waals surface area contributed by atoms with E-state index in [1.807, 2.05) is 13.1 Å². The fourth-order valence-corrected chi connectivity index (χ4v) is 1.78. The van der Waals surface area contributed by atoms with Crippen molar-refractivity contribution in [2.45, 2.75) is 39.3 Å². The molecule has 0 bridgehead atoms. The monoisotopic (exact) mass is 266 g/mol. The lowest BCUT2D eigenvalue weighted by molar-refractivity contribution is -0.384. The number of nitrogen functional groups attached to an aromatic ring is 1. The van der Waals surface area contributed by atoms with E-state index in [0.717, 1.165) is 12.0 Å². The molecule has 0 aliphatic carbocycles. The summed E-state index contributed by atoms with van der Waals surface area (Å²) in [7, 11) is 2.00. The lowest BCUT2D eigenvalue weighted by atomic mass is 9.99. The lowest BCUT2D eigenvalue weighted by Gasteiger charge is -2.35. The van der Waals surface area contributed by atoms with Crippen molar-refractivity contribution in [3.8, 4) is 0 Å². The average Bonchev–Trinajstić information content (AvgIpc) is 2.38. The molecule has 0 aromatic heterocycles. The van der Waals surface area contributed by atoms with Crippen LogP contribution in [0.15, 0.2) is 18.2 Å². The third-order valence-corrected chi connectivity index (χ3v) is 3.78. The number of nitrogens with two attached hydrogens (primary N) is 1. The number of hydrogen-bond acceptors (Lipinski definition) is 5. The van der Waals surface area contributed by atoms with Gasteiger partial charge in [-0.15, -0.1) is 0 Å². The number of hydrazine groups is 1. The van der Waals surface area contributed by atoms with Crippen molar-refractivity contribution in [1.29, 1.82) is 0 Å². The molecule has 106 valence electrons. The van der Waals surface area contributed by atoms with E-state index in [2.05, 4.69) is 31.1 Å². The zero-order chi connectivity index (χ0) is 14.6. The predicted molar refractivity (Wildman–Crippen MR) is 76.7 cm³/mol. The van der Waals surface area contributed by atoms with Crippen molar-refractivity contribution in [1.82, 2.24) is 4.90 Å². The molecule has 1 aromatic carbocycles. The number of rotatable bonds is 6. The smallest absolute Gasteiger partial charge is 0.293 e. The van der Waals surface area contributed by atoms with Gasteiger partial charge < -0.3 is 5.43 Å². The van der Waals surface area contributed by atoms with Crippen molar-refractivity contribution < 1.29 is 4.92 Å². The van der Waals surface area contributed by atoms with Gasteiger partial charge in [0.15, 0.2) is 0 Å². The van der Waals surface area contributed by atoms with Crippen molar-refractivity contribution >= 4 is 11.4 Å². The van der Waals surface area contributed by atoms with Crippen molar-refractivity contribution in [2.75, 3.05) is 12.5 Å². The summed E-state index contributed by atoms with van der Waals surface area (Å²) < 4.78 is 0. The van der Waals surface area contributed by atoms with Crippen LogP contribution in [0, 0.1) is 10.1 Å². The van der Waals surface area contributed by atoms with Gasteiger partial charge in [-0.1, -0.05) is 19.1 Å². The standard InChI is InChI=1S/C13H22N4O2/c1-5-13(2,3)16(4)9-10-7-6-8-11(17(18)19)12(10)15-14/h6-8,15H,5,9,14H2,1-4H3. The zero-order valence-corrected chi connectivity index (χ0v) is 11.9. The molecule has 6 heteroatoms. The first-order chi connectivity index (χ1) is 8.83. The van der Waals surface area contributed by atoms with Crippen LogP contribution in [0.4, 0.5) is 11.4 Å². The van der Waals surface area contributed by atoms with Crippen LogP contribution < -0.4 is 11.3 Å². The quantitative estimate of drug-likeness (QED) is 0.469. The summed E-state index contributed by atoms with van der Waals surface area (Å²) in [5.41, 5.74) is 3.68. The van der Waals surface area contributed by atoms with Gasteiger partial charge in [0.25, 0.3) is 5.69 Å². The molecule has 0 heterocycles. The first-order valence-electron chi connectivity index (χ1n) is 6.27. The molecule has 0 aliphatic rings. The minimum absolute atomic E-state index is 0.00250. The second-order valence-corrected chi connectivity index (χ2v) is 5.23. The third kappa shape index (κ3) is 3.42. The summed E-state index contributed by atoms with van der Waals surface area (Å²) >= 11 is 0. The van der Waals surface area contributed by atoms with Gasteiger partial charge >= 0.3 is 0 Å². The molecule has 3 N–H and O–H groups in total. The molecule has 1 aromatic rings. The van der Waals surface area contributed by atoms with E-state index < -0.39 is 4.92 Å². The first kappa shape index (κ1) is 15.4. The highest BCUT2D eigenvalue weighted by Gasteiger charge is 2.24. The Labute approximate surface area is 113 Å². The van der Waals surface area contributed by atoms with Gasteiger partial charge in [0.05, 0.1) is 4.92 Å². The Hall–Kier alpha value is -1.66.